The zero-order valence-electron chi connectivity index (χ0n) is 17.8. The summed E-state index contributed by atoms with van der Waals surface area (Å²) in [6, 6.07) is 16.8. The molecule has 1 unspecified atom stereocenters. The third-order valence-electron chi connectivity index (χ3n) is 5.72. The van der Waals surface area contributed by atoms with Gasteiger partial charge in [0.05, 0.1) is 22.9 Å². The first-order valence-corrected chi connectivity index (χ1v) is 10.8. The lowest BCUT2D eigenvalue weighted by Gasteiger charge is -2.16. The molecule has 0 spiro atoms. The maximum Gasteiger partial charge on any atom is 0.282 e. The lowest BCUT2D eigenvalue weighted by molar-refractivity contribution is 0.0961. The molecule has 5 rings (SSSR count). The van der Waals surface area contributed by atoms with E-state index in [1.807, 2.05) is 66.1 Å². The third kappa shape index (κ3) is 3.94. The highest BCUT2D eigenvalue weighted by Gasteiger charge is 2.26. The molecule has 0 saturated carbocycles. The molecule has 162 valence electrons. The summed E-state index contributed by atoms with van der Waals surface area (Å²) in [5, 5.41) is 7.46. The Morgan fingerprint density at radius 1 is 1.12 bits per heavy atom. The second-order valence-corrected chi connectivity index (χ2v) is 8.14. The number of fused-ring (bicyclic) bond motifs is 1. The Hall–Kier alpha value is -3.71. The van der Waals surface area contributed by atoms with Gasteiger partial charge < -0.3 is 14.6 Å². The number of amides is 1. The number of benzene rings is 2. The van der Waals surface area contributed by atoms with Gasteiger partial charge in [0.15, 0.2) is 0 Å². The molecule has 1 atom stereocenters. The molecule has 7 heteroatoms. The number of hydrogen-bond donors (Lipinski definition) is 1. The molecule has 1 fully saturated rings. The molecule has 0 aliphatic carbocycles. The first-order valence-electron chi connectivity index (χ1n) is 10.8. The van der Waals surface area contributed by atoms with Gasteiger partial charge in [-0.05, 0) is 44.0 Å². The lowest BCUT2D eigenvalue weighted by atomic mass is 10.1. The highest BCUT2D eigenvalue weighted by Crippen LogP contribution is 2.25. The largest absolute Gasteiger partial charge is 0.376 e. The van der Waals surface area contributed by atoms with Gasteiger partial charge in [-0.2, -0.15) is 9.78 Å². The van der Waals surface area contributed by atoms with Gasteiger partial charge in [-0.15, -0.1) is 0 Å². The minimum absolute atomic E-state index is 0.0738. The van der Waals surface area contributed by atoms with Crippen LogP contribution in [0, 0.1) is 6.92 Å². The SMILES string of the molecule is Cc1ccc(NC(=O)c2cn(CC3CCCO3)cc3c(=O)n(-c4ccccc4)nc2-3)cc1. The van der Waals surface area contributed by atoms with E-state index >= 15 is 0 Å². The Morgan fingerprint density at radius 2 is 1.91 bits per heavy atom. The van der Waals surface area contributed by atoms with Crippen molar-refractivity contribution in [3.8, 4) is 16.9 Å². The molecule has 0 bridgehead atoms. The fourth-order valence-corrected chi connectivity index (χ4v) is 4.03. The van der Waals surface area contributed by atoms with Crippen molar-refractivity contribution < 1.29 is 9.53 Å². The molecule has 1 amide bonds. The minimum Gasteiger partial charge on any atom is -0.376 e. The molecule has 32 heavy (non-hydrogen) atoms. The van der Waals surface area contributed by atoms with E-state index in [2.05, 4.69) is 10.4 Å². The first kappa shape index (κ1) is 20.2. The van der Waals surface area contributed by atoms with Crippen LogP contribution in [0.25, 0.3) is 16.9 Å². The van der Waals surface area contributed by atoms with E-state index in [1.165, 1.54) is 4.68 Å². The molecule has 3 heterocycles. The maximum absolute atomic E-state index is 13.3. The number of ether oxygens (including phenoxy) is 1. The molecule has 1 saturated heterocycles. The Morgan fingerprint density at radius 3 is 2.62 bits per heavy atom. The number of hydrogen-bond acceptors (Lipinski definition) is 4. The van der Waals surface area contributed by atoms with Gasteiger partial charge >= 0.3 is 0 Å². The van der Waals surface area contributed by atoms with Crippen LogP contribution in [0.2, 0.25) is 0 Å². The molecule has 2 aromatic carbocycles. The minimum atomic E-state index is -0.307. The quantitative estimate of drug-likeness (QED) is 0.523. The van der Waals surface area contributed by atoms with Gasteiger partial charge in [0.2, 0.25) is 0 Å². The van der Waals surface area contributed by atoms with Gasteiger partial charge in [-0.25, -0.2) is 0 Å². The summed E-state index contributed by atoms with van der Waals surface area (Å²) in [4.78, 5) is 26.5. The van der Waals surface area contributed by atoms with E-state index < -0.39 is 0 Å². The van der Waals surface area contributed by atoms with Crippen LogP contribution in [0.1, 0.15) is 28.8 Å². The Labute approximate surface area is 185 Å². The molecule has 2 aromatic rings. The summed E-state index contributed by atoms with van der Waals surface area (Å²) < 4.78 is 8.99. The predicted octanol–water partition coefficient (Wildman–Crippen LogP) is 3.88. The van der Waals surface area contributed by atoms with Crippen LogP contribution in [0.15, 0.2) is 71.8 Å². The summed E-state index contributed by atoms with van der Waals surface area (Å²) in [6.45, 7) is 3.32. The van der Waals surface area contributed by atoms with E-state index in [4.69, 9.17) is 4.74 Å². The number of pyridine rings is 1. The number of aryl methyl sites for hydroxylation is 1. The van der Waals surface area contributed by atoms with Crippen molar-refractivity contribution in [2.24, 2.45) is 0 Å². The van der Waals surface area contributed by atoms with Crippen molar-refractivity contribution in [2.45, 2.75) is 32.4 Å². The molecule has 3 aliphatic heterocycles. The fourth-order valence-electron chi connectivity index (χ4n) is 4.03. The standard InChI is InChI=1S/C25H24N4O3/c1-17-9-11-18(12-10-17)26-24(30)21-15-28(14-20-8-5-13-32-20)16-22-23(21)27-29(25(22)31)19-6-3-2-4-7-19/h2-4,6-7,9-12,15-16,20H,5,8,13-14H2,1H3,(H,26,30). The van der Waals surface area contributed by atoms with E-state index in [9.17, 15) is 9.59 Å². The number of rotatable bonds is 5. The predicted molar refractivity (Wildman–Crippen MR) is 123 cm³/mol. The molecular formula is C25H24N4O3. The van der Waals surface area contributed by atoms with Gasteiger partial charge in [-0.1, -0.05) is 35.9 Å². The number of para-hydroxylation sites is 1. The summed E-state index contributed by atoms with van der Waals surface area (Å²) in [6.07, 6.45) is 5.59. The van der Waals surface area contributed by atoms with Crippen LogP contribution in [0.5, 0.6) is 0 Å². The Balaban J connectivity index is 1.59. The van der Waals surface area contributed by atoms with Gasteiger partial charge in [-0.3, -0.25) is 9.59 Å². The summed E-state index contributed by atoms with van der Waals surface area (Å²) in [5.74, 6) is -0.307. The number of nitrogens with zero attached hydrogens (tertiary/aromatic N) is 3. The van der Waals surface area contributed by atoms with Crippen LogP contribution in [-0.2, 0) is 11.3 Å². The van der Waals surface area contributed by atoms with Gasteiger partial charge in [0, 0.05) is 31.2 Å². The van der Waals surface area contributed by atoms with Gasteiger partial charge in [0.25, 0.3) is 11.5 Å². The highest BCUT2D eigenvalue weighted by atomic mass is 16.5. The smallest absolute Gasteiger partial charge is 0.282 e. The molecule has 1 N–H and O–H groups in total. The molecule has 7 nitrogen and oxygen atoms in total. The molecule has 0 radical (unpaired) electrons. The highest BCUT2D eigenvalue weighted by molar-refractivity contribution is 6.08. The molecular weight excluding hydrogens is 404 g/mol. The van der Waals surface area contributed by atoms with Crippen molar-refractivity contribution in [1.82, 2.24) is 14.3 Å². The second kappa shape index (κ2) is 8.43. The van der Waals surface area contributed by atoms with Crippen molar-refractivity contribution in [3.63, 3.8) is 0 Å². The van der Waals surface area contributed by atoms with E-state index in [0.29, 0.717) is 34.7 Å². The maximum atomic E-state index is 13.3. The topological polar surface area (TPSA) is 78.2 Å². The zero-order chi connectivity index (χ0) is 22.1. The van der Waals surface area contributed by atoms with Crippen molar-refractivity contribution in [1.29, 1.82) is 0 Å². The van der Waals surface area contributed by atoms with Crippen LogP contribution in [0.4, 0.5) is 5.69 Å². The van der Waals surface area contributed by atoms with Crippen LogP contribution >= 0.6 is 0 Å². The van der Waals surface area contributed by atoms with E-state index in [0.717, 1.165) is 25.0 Å². The Bertz CT molecular complexity index is 1270. The van der Waals surface area contributed by atoms with Crippen LogP contribution < -0.4 is 10.9 Å². The number of aromatic nitrogens is 3. The van der Waals surface area contributed by atoms with Crippen molar-refractivity contribution >= 4 is 11.6 Å². The fraction of sp³-hybridized carbons (Fsp3) is 0.240. The normalized spacial score (nSPS) is 15.8. The zero-order valence-corrected chi connectivity index (χ0v) is 17.8. The third-order valence-corrected chi connectivity index (χ3v) is 5.72. The van der Waals surface area contributed by atoms with E-state index in [-0.39, 0.29) is 17.6 Å². The molecule has 3 aliphatic rings. The monoisotopic (exact) mass is 428 g/mol. The average molecular weight is 428 g/mol. The number of carbonyl (C=O) groups is 1. The summed E-state index contributed by atoms with van der Waals surface area (Å²) in [7, 11) is 0. The lowest BCUT2D eigenvalue weighted by Crippen LogP contribution is -2.20. The molecule has 0 aromatic heterocycles. The van der Waals surface area contributed by atoms with Crippen molar-refractivity contribution in [2.75, 3.05) is 11.9 Å². The number of carbonyl (C=O) groups excluding carboxylic acids is 1. The average Bonchev–Trinajstić information content (AvgIpc) is 3.43. The number of nitrogens with one attached hydrogen (secondary N) is 1. The summed E-state index contributed by atoms with van der Waals surface area (Å²) >= 11 is 0. The van der Waals surface area contributed by atoms with Gasteiger partial charge in [0.1, 0.15) is 5.69 Å². The second-order valence-electron chi connectivity index (χ2n) is 8.14. The van der Waals surface area contributed by atoms with Crippen molar-refractivity contribution in [3.05, 3.63) is 88.5 Å². The van der Waals surface area contributed by atoms with E-state index in [1.54, 1.807) is 12.4 Å². The van der Waals surface area contributed by atoms with Crippen LogP contribution in [-0.4, -0.2) is 33.0 Å². The number of anilines is 1. The van der Waals surface area contributed by atoms with Crippen LogP contribution in [0.3, 0.4) is 0 Å². The first-order chi connectivity index (χ1) is 15.6. The Kier molecular flexibility index (Phi) is 5.33. The summed E-state index contributed by atoms with van der Waals surface area (Å²) in [5.41, 5.74) is 3.34.